The van der Waals surface area contributed by atoms with Gasteiger partial charge in [0.05, 0.1) is 11.1 Å². The number of nitrogens with zero attached hydrogens (tertiary/aromatic N) is 2. The molecule has 3 aromatic rings. The third-order valence-corrected chi connectivity index (χ3v) is 4.30. The molecule has 23 heavy (non-hydrogen) atoms. The molecule has 3 rings (SSSR count). The highest BCUT2D eigenvalue weighted by molar-refractivity contribution is 6.31. The van der Waals surface area contributed by atoms with Crippen molar-refractivity contribution in [1.29, 1.82) is 0 Å². The van der Waals surface area contributed by atoms with Crippen molar-refractivity contribution in [2.75, 3.05) is 5.88 Å². The number of halogens is 3. The summed E-state index contributed by atoms with van der Waals surface area (Å²) in [4.78, 5) is 12.6. The van der Waals surface area contributed by atoms with Crippen LogP contribution in [0, 0.1) is 0 Å². The molecule has 1 heterocycles. The zero-order valence-corrected chi connectivity index (χ0v) is 14.4. The fourth-order valence-electron chi connectivity index (χ4n) is 2.44. The summed E-state index contributed by atoms with van der Waals surface area (Å²) in [5.41, 5.74) is 1.45. The smallest absolute Gasteiger partial charge is 0.267 e. The quantitative estimate of drug-likeness (QED) is 0.608. The Kier molecular flexibility index (Phi) is 4.90. The maximum absolute atomic E-state index is 12.6. The molecule has 0 fully saturated rings. The highest BCUT2D eigenvalue weighted by Gasteiger charge is 2.12. The molecule has 0 atom stereocenters. The van der Waals surface area contributed by atoms with E-state index in [1.807, 2.05) is 18.2 Å². The number of hydrogen-bond donors (Lipinski definition) is 0. The lowest BCUT2D eigenvalue weighted by Gasteiger charge is -2.11. The number of benzene rings is 2. The molecule has 0 spiro atoms. The maximum Gasteiger partial charge on any atom is 0.274 e. The van der Waals surface area contributed by atoms with Gasteiger partial charge in [-0.3, -0.25) is 4.79 Å². The Morgan fingerprint density at radius 2 is 1.65 bits per heavy atom. The molecule has 0 aliphatic carbocycles. The molecule has 0 N–H and O–H groups in total. The van der Waals surface area contributed by atoms with Crippen LogP contribution in [0.5, 0.6) is 0 Å². The van der Waals surface area contributed by atoms with Crippen molar-refractivity contribution in [1.82, 2.24) is 9.78 Å². The monoisotopic (exact) mass is 366 g/mol. The van der Waals surface area contributed by atoms with Gasteiger partial charge in [0.15, 0.2) is 0 Å². The molecule has 0 aliphatic heterocycles. The Morgan fingerprint density at radius 1 is 0.957 bits per heavy atom. The van der Waals surface area contributed by atoms with Crippen LogP contribution in [0.1, 0.15) is 6.42 Å². The molecule has 0 bridgehead atoms. The van der Waals surface area contributed by atoms with Gasteiger partial charge in [0.1, 0.15) is 0 Å². The summed E-state index contributed by atoms with van der Waals surface area (Å²) in [6, 6.07) is 12.6. The standard InChI is InChI=1S/C17H13Cl3N2O/c18-8-1-9-22-17(23)15-10-13(20)6-7-14(15)16(21-22)11-2-4-12(19)5-3-11/h2-7,10H,1,8-9H2. The zero-order valence-electron chi connectivity index (χ0n) is 12.1. The van der Waals surface area contributed by atoms with Gasteiger partial charge in [0.2, 0.25) is 0 Å². The molecule has 6 heteroatoms. The van der Waals surface area contributed by atoms with Gasteiger partial charge >= 0.3 is 0 Å². The van der Waals surface area contributed by atoms with E-state index in [9.17, 15) is 4.79 Å². The lowest BCUT2D eigenvalue weighted by molar-refractivity contribution is 0.578. The Hall–Kier alpha value is -1.55. The van der Waals surface area contributed by atoms with Crippen molar-refractivity contribution in [3.63, 3.8) is 0 Å². The maximum atomic E-state index is 12.6. The molecular formula is C17H13Cl3N2O. The summed E-state index contributed by atoms with van der Waals surface area (Å²) < 4.78 is 1.45. The number of alkyl halides is 1. The lowest BCUT2D eigenvalue weighted by Crippen LogP contribution is -2.24. The molecule has 3 nitrogen and oxygen atoms in total. The highest BCUT2D eigenvalue weighted by atomic mass is 35.5. The first-order valence-corrected chi connectivity index (χ1v) is 8.41. The predicted molar refractivity (Wildman–Crippen MR) is 96.8 cm³/mol. The van der Waals surface area contributed by atoms with Gasteiger partial charge in [0.25, 0.3) is 5.56 Å². The summed E-state index contributed by atoms with van der Waals surface area (Å²) in [5.74, 6) is 0.470. The van der Waals surface area contributed by atoms with Crippen LogP contribution < -0.4 is 5.56 Å². The van der Waals surface area contributed by atoms with Crippen LogP contribution in [-0.2, 0) is 6.54 Å². The number of fused-ring (bicyclic) bond motifs is 1. The van der Waals surface area contributed by atoms with Gasteiger partial charge in [-0.05, 0) is 30.7 Å². The largest absolute Gasteiger partial charge is 0.274 e. The number of aryl methyl sites for hydroxylation is 1. The van der Waals surface area contributed by atoms with E-state index in [1.54, 1.807) is 24.3 Å². The third kappa shape index (κ3) is 3.37. The minimum absolute atomic E-state index is 0.162. The van der Waals surface area contributed by atoms with E-state index >= 15 is 0 Å². The van der Waals surface area contributed by atoms with Crippen LogP contribution in [-0.4, -0.2) is 15.7 Å². The van der Waals surface area contributed by atoms with E-state index in [2.05, 4.69) is 5.10 Å². The first kappa shape index (κ1) is 16.3. The minimum atomic E-state index is -0.162. The van der Waals surface area contributed by atoms with Crippen molar-refractivity contribution >= 4 is 45.6 Å². The minimum Gasteiger partial charge on any atom is -0.267 e. The number of rotatable bonds is 4. The van der Waals surface area contributed by atoms with Crippen molar-refractivity contribution in [3.05, 3.63) is 62.9 Å². The Bertz CT molecular complexity index is 904. The highest BCUT2D eigenvalue weighted by Crippen LogP contribution is 2.27. The molecule has 0 amide bonds. The van der Waals surface area contributed by atoms with Gasteiger partial charge in [-0.2, -0.15) is 5.10 Å². The van der Waals surface area contributed by atoms with E-state index in [0.29, 0.717) is 34.3 Å². The topological polar surface area (TPSA) is 34.9 Å². The normalized spacial score (nSPS) is 11.1. The molecule has 0 saturated heterocycles. The molecule has 0 saturated carbocycles. The van der Waals surface area contributed by atoms with E-state index in [-0.39, 0.29) is 5.56 Å². The summed E-state index contributed by atoms with van der Waals surface area (Å²) in [6.45, 7) is 0.464. The van der Waals surface area contributed by atoms with E-state index < -0.39 is 0 Å². The molecule has 1 aromatic heterocycles. The zero-order chi connectivity index (χ0) is 16.4. The van der Waals surface area contributed by atoms with Crippen LogP contribution >= 0.6 is 34.8 Å². The van der Waals surface area contributed by atoms with Crippen LogP contribution in [0.25, 0.3) is 22.0 Å². The second-order valence-corrected chi connectivity index (χ2v) is 6.37. The van der Waals surface area contributed by atoms with Gasteiger partial charge in [-0.25, -0.2) is 4.68 Å². The lowest BCUT2D eigenvalue weighted by atomic mass is 10.1. The second kappa shape index (κ2) is 6.91. The van der Waals surface area contributed by atoms with Crippen LogP contribution in [0.4, 0.5) is 0 Å². The average molecular weight is 368 g/mol. The molecule has 2 aromatic carbocycles. The van der Waals surface area contributed by atoms with Crippen LogP contribution in [0.2, 0.25) is 10.0 Å². The summed E-state index contributed by atoms with van der Waals surface area (Å²) >= 11 is 17.8. The number of hydrogen-bond acceptors (Lipinski definition) is 2. The molecule has 0 aliphatic rings. The fourth-order valence-corrected chi connectivity index (χ4v) is 2.86. The first-order valence-electron chi connectivity index (χ1n) is 7.12. The van der Waals surface area contributed by atoms with Crippen molar-refractivity contribution in [3.8, 4) is 11.3 Å². The van der Waals surface area contributed by atoms with E-state index in [4.69, 9.17) is 34.8 Å². The Balaban J connectivity index is 2.28. The number of aromatic nitrogens is 2. The molecular weight excluding hydrogens is 355 g/mol. The molecule has 0 unspecified atom stereocenters. The van der Waals surface area contributed by atoms with Crippen molar-refractivity contribution < 1.29 is 0 Å². The second-order valence-electron chi connectivity index (χ2n) is 5.12. The van der Waals surface area contributed by atoms with Gasteiger partial charge in [-0.15, -0.1) is 11.6 Å². The Labute approximate surface area is 148 Å². The van der Waals surface area contributed by atoms with Crippen LogP contribution in [0.15, 0.2) is 47.3 Å². The third-order valence-electron chi connectivity index (χ3n) is 3.54. The predicted octanol–water partition coefficient (Wildman–Crippen LogP) is 5.00. The SMILES string of the molecule is O=c1c2cc(Cl)ccc2c(-c2ccc(Cl)cc2)nn1CCCCl. The molecule has 0 radical (unpaired) electrons. The Morgan fingerprint density at radius 3 is 2.35 bits per heavy atom. The summed E-state index contributed by atoms with van der Waals surface area (Å²) in [6.07, 6.45) is 0.667. The fraction of sp³-hybridized carbons (Fsp3) is 0.176. The van der Waals surface area contributed by atoms with Gasteiger partial charge < -0.3 is 0 Å². The first-order chi connectivity index (χ1) is 11.1. The van der Waals surface area contributed by atoms with E-state index in [0.717, 1.165) is 16.6 Å². The molecule has 118 valence electrons. The van der Waals surface area contributed by atoms with Gasteiger partial charge in [-0.1, -0.05) is 41.4 Å². The van der Waals surface area contributed by atoms with Crippen molar-refractivity contribution in [2.45, 2.75) is 13.0 Å². The van der Waals surface area contributed by atoms with Crippen LogP contribution in [0.3, 0.4) is 0 Å². The van der Waals surface area contributed by atoms with Gasteiger partial charge in [0, 0.05) is 33.4 Å². The average Bonchev–Trinajstić information content (AvgIpc) is 2.55. The van der Waals surface area contributed by atoms with E-state index in [1.165, 1.54) is 4.68 Å². The summed E-state index contributed by atoms with van der Waals surface area (Å²) in [5, 5.41) is 7.01. The van der Waals surface area contributed by atoms with Crippen molar-refractivity contribution in [2.24, 2.45) is 0 Å². The summed E-state index contributed by atoms with van der Waals surface area (Å²) in [7, 11) is 0.